The van der Waals surface area contributed by atoms with E-state index in [9.17, 15) is 0 Å². The van der Waals surface area contributed by atoms with Crippen LogP contribution < -0.4 is 4.90 Å². The molecule has 0 atom stereocenters. The van der Waals surface area contributed by atoms with Crippen LogP contribution in [-0.2, 0) is 0 Å². The van der Waals surface area contributed by atoms with Gasteiger partial charge in [-0.2, -0.15) is 0 Å². The Morgan fingerprint density at radius 3 is 1.52 bits per heavy atom. The number of furan rings is 1. The van der Waals surface area contributed by atoms with Crippen molar-refractivity contribution < 1.29 is 4.42 Å². The second-order valence-electron chi connectivity index (χ2n) is 13.5. The molecule has 2 nitrogen and oxygen atoms in total. The van der Waals surface area contributed by atoms with Crippen molar-refractivity contribution in [1.29, 1.82) is 0 Å². The molecule has 0 fully saturated rings. The molecule has 9 rings (SSSR count). The Kier molecular flexibility index (Phi) is 7.98. The third kappa shape index (κ3) is 5.75. The lowest BCUT2D eigenvalue weighted by atomic mass is 9.96. The van der Waals surface area contributed by atoms with E-state index in [2.05, 4.69) is 195 Å². The van der Waals surface area contributed by atoms with Crippen molar-refractivity contribution in [3.05, 3.63) is 199 Å². The van der Waals surface area contributed by atoms with Crippen LogP contribution in [0, 0.1) is 13.8 Å². The molecule has 0 N–H and O–H groups in total. The molecule has 0 aliphatic heterocycles. The fraction of sp³-hybridized carbons (Fsp3) is 0.0400. The fourth-order valence-corrected chi connectivity index (χ4v) is 7.46. The van der Waals surface area contributed by atoms with Gasteiger partial charge in [0.25, 0.3) is 0 Å². The Morgan fingerprint density at radius 1 is 0.346 bits per heavy atom. The number of hydrogen-bond donors (Lipinski definition) is 0. The standard InChI is InChI=1S/C50H37NO/c1-34-11-6-7-14-44(34)45-32-31-43(33-35(45)2)51(41-27-23-38(24-28-41)36-12-4-3-5-13-36)42-29-25-39(26-30-42)37-19-21-40(22-20-37)46-16-10-17-48-47-15-8-9-18-49(47)52-50(46)48/h3-33H,1-2H3. The van der Waals surface area contributed by atoms with E-state index in [1.165, 1.54) is 44.5 Å². The van der Waals surface area contributed by atoms with Crippen LogP contribution in [0.1, 0.15) is 11.1 Å². The van der Waals surface area contributed by atoms with Gasteiger partial charge < -0.3 is 9.32 Å². The third-order valence-corrected chi connectivity index (χ3v) is 10.2. The zero-order valence-corrected chi connectivity index (χ0v) is 29.3. The van der Waals surface area contributed by atoms with Gasteiger partial charge in [-0.25, -0.2) is 0 Å². The van der Waals surface area contributed by atoms with Crippen LogP contribution in [-0.4, -0.2) is 0 Å². The lowest BCUT2D eigenvalue weighted by molar-refractivity contribution is 0.670. The summed E-state index contributed by atoms with van der Waals surface area (Å²) in [6.45, 7) is 4.39. The highest BCUT2D eigenvalue weighted by Crippen LogP contribution is 2.40. The molecule has 0 saturated heterocycles. The van der Waals surface area contributed by atoms with Crippen LogP contribution >= 0.6 is 0 Å². The van der Waals surface area contributed by atoms with Crippen LogP contribution in [0.2, 0.25) is 0 Å². The summed E-state index contributed by atoms with van der Waals surface area (Å²) < 4.78 is 6.33. The molecular formula is C50H37NO. The SMILES string of the molecule is Cc1ccccc1-c1ccc(N(c2ccc(-c3ccccc3)cc2)c2ccc(-c3ccc(-c4cccc5c4oc4ccccc45)cc3)cc2)cc1C. The van der Waals surface area contributed by atoms with Crippen molar-refractivity contribution in [3.63, 3.8) is 0 Å². The number of benzene rings is 8. The van der Waals surface area contributed by atoms with Gasteiger partial charge in [0, 0.05) is 33.4 Å². The molecular weight excluding hydrogens is 631 g/mol. The highest BCUT2D eigenvalue weighted by Gasteiger charge is 2.16. The summed E-state index contributed by atoms with van der Waals surface area (Å²) in [4.78, 5) is 2.35. The van der Waals surface area contributed by atoms with E-state index in [0.717, 1.165) is 50.1 Å². The maximum Gasteiger partial charge on any atom is 0.143 e. The molecule has 0 aliphatic carbocycles. The summed E-state index contributed by atoms with van der Waals surface area (Å²) in [5.41, 5.74) is 17.2. The fourth-order valence-electron chi connectivity index (χ4n) is 7.46. The summed E-state index contributed by atoms with van der Waals surface area (Å²) in [5.74, 6) is 0. The molecule has 0 amide bonds. The van der Waals surface area contributed by atoms with Crippen LogP contribution in [0.5, 0.6) is 0 Å². The number of hydrogen-bond acceptors (Lipinski definition) is 2. The van der Waals surface area contributed by atoms with Gasteiger partial charge in [0.2, 0.25) is 0 Å². The second-order valence-corrected chi connectivity index (χ2v) is 13.5. The molecule has 1 heterocycles. The van der Waals surface area contributed by atoms with E-state index < -0.39 is 0 Å². The average molecular weight is 668 g/mol. The highest BCUT2D eigenvalue weighted by atomic mass is 16.3. The van der Waals surface area contributed by atoms with E-state index in [4.69, 9.17) is 4.42 Å². The molecule has 2 heteroatoms. The molecule has 1 aromatic heterocycles. The second kappa shape index (κ2) is 13.2. The van der Waals surface area contributed by atoms with Crippen LogP contribution in [0.15, 0.2) is 192 Å². The van der Waals surface area contributed by atoms with Gasteiger partial charge in [0.15, 0.2) is 0 Å². The zero-order valence-electron chi connectivity index (χ0n) is 29.3. The van der Waals surface area contributed by atoms with Crippen molar-refractivity contribution in [1.82, 2.24) is 0 Å². The monoisotopic (exact) mass is 667 g/mol. The minimum atomic E-state index is 0.917. The van der Waals surface area contributed by atoms with Gasteiger partial charge in [-0.3, -0.25) is 0 Å². The van der Waals surface area contributed by atoms with Crippen LogP contribution in [0.3, 0.4) is 0 Å². The van der Waals surface area contributed by atoms with Crippen LogP contribution in [0.25, 0.3) is 66.4 Å². The number of rotatable bonds is 7. The van der Waals surface area contributed by atoms with E-state index >= 15 is 0 Å². The van der Waals surface area contributed by atoms with E-state index in [0.29, 0.717) is 0 Å². The summed E-state index contributed by atoms with van der Waals surface area (Å²) >= 11 is 0. The number of anilines is 3. The maximum atomic E-state index is 6.33. The first-order valence-electron chi connectivity index (χ1n) is 17.8. The first-order chi connectivity index (χ1) is 25.6. The molecule has 0 bridgehead atoms. The molecule has 8 aromatic carbocycles. The lowest BCUT2D eigenvalue weighted by Gasteiger charge is -2.27. The number of para-hydroxylation sites is 2. The molecule has 0 unspecified atom stereocenters. The van der Waals surface area contributed by atoms with Gasteiger partial charge >= 0.3 is 0 Å². The molecule has 0 aliphatic rings. The molecule has 0 radical (unpaired) electrons. The van der Waals surface area contributed by atoms with Crippen molar-refractivity contribution in [2.45, 2.75) is 13.8 Å². The predicted octanol–water partition coefficient (Wildman–Crippen LogP) is 14.3. The lowest BCUT2D eigenvalue weighted by Crippen LogP contribution is -2.10. The minimum Gasteiger partial charge on any atom is -0.455 e. The van der Waals surface area contributed by atoms with Gasteiger partial charge in [0.05, 0.1) is 0 Å². The first-order valence-corrected chi connectivity index (χ1v) is 17.8. The summed E-state index contributed by atoms with van der Waals surface area (Å²) in [5, 5.41) is 2.29. The van der Waals surface area contributed by atoms with Crippen LogP contribution in [0.4, 0.5) is 17.1 Å². The van der Waals surface area contributed by atoms with E-state index in [-0.39, 0.29) is 0 Å². The smallest absolute Gasteiger partial charge is 0.143 e. The quantitative estimate of drug-likeness (QED) is 0.168. The third-order valence-electron chi connectivity index (χ3n) is 10.2. The van der Waals surface area contributed by atoms with Crippen molar-refractivity contribution >= 4 is 39.0 Å². The van der Waals surface area contributed by atoms with Gasteiger partial charge in [-0.15, -0.1) is 0 Å². The van der Waals surface area contributed by atoms with Crippen molar-refractivity contribution in [3.8, 4) is 44.5 Å². The van der Waals surface area contributed by atoms with Gasteiger partial charge in [-0.1, -0.05) is 146 Å². The molecule has 9 aromatic rings. The number of nitrogens with zero attached hydrogens (tertiary/aromatic N) is 1. The van der Waals surface area contributed by atoms with Gasteiger partial charge in [0.1, 0.15) is 11.2 Å². The first kappa shape index (κ1) is 31.3. The van der Waals surface area contributed by atoms with Gasteiger partial charge in [-0.05, 0) is 106 Å². The molecule has 0 spiro atoms. The Balaban J connectivity index is 1.06. The largest absolute Gasteiger partial charge is 0.455 e. The summed E-state index contributed by atoms with van der Waals surface area (Å²) in [6.07, 6.45) is 0. The topological polar surface area (TPSA) is 16.4 Å². The Morgan fingerprint density at radius 2 is 0.846 bits per heavy atom. The van der Waals surface area contributed by atoms with E-state index in [1.807, 2.05) is 12.1 Å². The Hall–Kier alpha value is -6.64. The summed E-state index contributed by atoms with van der Waals surface area (Å²) in [7, 11) is 0. The normalized spacial score (nSPS) is 11.3. The zero-order chi connectivity index (χ0) is 35.0. The maximum absolute atomic E-state index is 6.33. The van der Waals surface area contributed by atoms with Crippen molar-refractivity contribution in [2.24, 2.45) is 0 Å². The number of fused-ring (bicyclic) bond motifs is 3. The Labute approximate surface area is 304 Å². The summed E-state index contributed by atoms with van der Waals surface area (Å²) in [6, 6.07) is 67.2. The predicted molar refractivity (Wildman–Crippen MR) is 220 cm³/mol. The molecule has 248 valence electrons. The van der Waals surface area contributed by atoms with E-state index in [1.54, 1.807) is 0 Å². The minimum absolute atomic E-state index is 0.917. The molecule has 52 heavy (non-hydrogen) atoms. The van der Waals surface area contributed by atoms with Crippen molar-refractivity contribution in [2.75, 3.05) is 4.90 Å². The number of aryl methyl sites for hydroxylation is 2. The average Bonchev–Trinajstić information content (AvgIpc) is 3.59. The molecule has 0 saturated carbocycles. The highest BCUT2D eigenvalue weighted by molar-refractivity contribution is 6.09. The Bertz CT molecular complexity index is 2670.